The van der Waals surface area contributed by atoms with Crippen molar-refractivity contribution in [2.75, 3.05) is 32.8 Å². The van der Waals surface area contributed by atoms with Gasteiger partial charge in [0.25, 0.3) is 5.91 Å². The fourth-order valence-electron chi connectivity index (χ4n) is 3.24. The highest BCUT2D eigenvalue weighted by Crippen LogP contribution is 2.18. The van der Waals surface area contributed by atoms with Gasteiger partial charge < -0.3 is 20.3 Å². The van der Waals surface area contributed by atoms with Crippen LogP contribution in [0.15, 0.2) is 24.3 Å². The fraction of sp³-hybridized carbons (Fsp3) is 0.556. The molecule has 2 amide bonds. The number of ether oxygens (including phenoxy) is 1. The third-order valence-corrected chi connectivity index (χ3v) is 4.81. The zero-order valence-corrected chi connectivity index (χ0v) is 15.3. The first-order valence-electron chi connectivity index (χ1n) is 8.57. The predicted octanol–water partition coefficient (Wildman–Crippen LogP) is 1.27. The summed E-state index contributed by atoms with van der Waals surface area (Å²) in [5, 5.41) is 0. The van der Waals surface area contributed by atoms with E-state index in [1.165, 1.54) is 0 Å². The average Bonchev–Trinajstić information content (AvgIpc) is 3.15. The van der Waals surface area contributed by atoms with Gasteiger partial charge in [0.05, 0.1) is 0 Å². The van der Waals surface area contributed by atoms with Crippen molar-refractivity contribution in [2.45, 2.75) is 31.9 Å². The Morgan fingerprint density at radius 1 is 1.12 bits per heavy atom. The Balaban J connectivity index is 0.00000225. The van der Waals surface area contributed by atoms with Gasteiger partial charge in [0.15, 0.2) is 0 Å². The second-order valence-corrected chi connectivity index (χ2v) is 6.54. The van der Waals surface area contributed by atoms with Crippen molar-refractivity contribution in [2.24, 2.45) is 5.73 Å². The highest BCUT2D eigenvalue weighted by molar-refractivity contribution is 5.85. The number of amides is 2. The molecule has 2 saturated heterocycles. The molecule has 2 unspecified atom stereocenters. The number of nitrogens with zero attached hydrogens (tertiary/aromatic N) is 2. The monoisotopic (exact) mass is 367 g/mol. The lowest BCUT2D eigenvalue weighted by molar-refractivity contribution is -0.146. The molecule has 0 saturated carbocycles. The zero-order chi connectivity index (χ0) is 17.1. The van der Waals surface area contributed by atoms with E-state index in [0.717, 1.165) is 24.0 Å². The number of piperazine rings is 1. The third kappa shape index (κ3) is 4.51. The van der Waals surface area contributed by atoms with Gasteiger partial charge in [0.1, 0.15) is 12.1 Å². The van der Waals surface area contributed by atoms with E-state index in [4.69, 9.17) is 10.5 Å². The van der Waals surface area contributed by atoms with Crippen LogP contribution < -0.4 is 5.73 Å². The first-order chi connectivity index (χ1) is 11.6. The zero-order valence-electron chi connectivity index (χ0n) is 14.5. The summed E-state index contributed by atoms with van der Waals surface area (Å²) in [5.41, 5.74) is 8.08. The Bertz CT molecular complexity index is 594. The van der Waals surface area contributed by atoms with Crippen molar-refractivity contribution in [1.82, 2.24) is 9.80 Å². The number of halogens is 1. The van der Waals surface area contributed by atoms with Crippen LogP contribution in [0.5, 0.6) is 0 Å². The molecule has 1 aromatic carbocycles. The summed E-state index contributed by atoms with van der Waals surface area (Å²) in [6, 6.07) is 7.07. The second-order valence-electron chi connectivity index (χ2n) is 6.54. The molecule has 2 aliphatic heterocycles. The van der Waals surface area contributed by atoms with E-state index in [9.17, 15) is 9.59 Å². The molecule has 0 aliphatic carbocycles. The van der Waals surface area contributed by atoms with Gasteiger partial charge in [-0.25, -0.2) is 0 Å². The van der Waals surface area contributed by atoms with Gasteiger partial charge in [0, 0.05) is 32.8 Å². The summed E-state index contributed by atoms with van der Waals surface area (Å²) in [7, 11) is 0. The number of hydrogen-bond donors (Lipinski definition) is 1. The summed E-state index contributed by atoms with van der Waals surface area (Å²) in [5.74, 6) is -0.0227. The topological polar surface area (TPSA) is 75.9 Å². The first kappa shape index (κ1) is 19.7. The van der Waals surface area contributed by atoms with E-state index in [0.29, 0.717) is 32.8 Å². The third-order valence-electron chi connectivity index (χ3n) is 4.81. The van der Waals surface area contributed by atoms with Crippen LogP contribution in [0.2, 0.25) is 0 Å². The largest absolute Gasteiger partial charge is 0.368 e. The Kier molecular flexibility index (Phi) is 6.81. The van der Waals surface area contributed by atoms with Crippen molar-refractivity contribution in [3.8, 4) is 0 Å². The van der Waals surface area contributed by atoms with Gasteiger partial charge >= 0.3 is 0 Å². The lowest BCUT2D eigenvalue weighted by Crippen LogP contribution is -2.54. The molecule has 0 aromatic heterocycles. The normalized spacial score (nSPS) is 21.6. The number of aryl methyl sites for hydroxylation is 1. The van der Waals surface area contributed by atoms with Gasteiger partial charge in [-0.15, -0.1) is 12.4 Å². The van der Waals surface area contributed by atoms with Gasteiger partial charge in [-0.3, -0.25) is 9.59 Å². The van der Waals surface area contributed by atoms with E-state index >= 15 is 0 Å². The Morgan fingerprint density at radius 2 is 1.72 bits per heavy atom. The molecule has 2 aliphatic rings. The fourth-order valence-corrected chi connectivity index (χ4v) is 3.24. The highest BCUT2D eigenvalue weighted by Gasteiger charge is 2.32. The van der Waals surface area contributed by atoms with Crippen LogP contribution in [0.3, 0.4) is 0 Å². The number of hydrogen-bond acceptors (Lipinski definition) is 4. The van der Waals surface area contributed by atoms with Gasteiger partial charge in [-0.1, -0.05) is 29.8 Å². The average molecular weight is 368 g/mol. The molecule has 0 spiro atoms. The van der Waals surface area contributed by atoms with Gasteiger partial charge in [-0.2, -0.15) is 0 Å². The Labute approximate surface area is 154 Å². The van der Waals surface area contributed by atoms with E-state index in [-0.39, 0.29) is 30.3 Å². The highest BCUT2D eigenvalue weighted by atomic mass is 35.5. The number of carbonyl (C=O) groups excluding carboxylic acids is 2. The Morgan fingerprint density at radius 3 is 2.28 bits per heavy atom. The van der Waals surface area contributed by atoms with Gasteiger partial charge in [0.2, 0.25) is 5.91 Å². The number of rotatable bonds is 3. The lowest BCUT2D eigenvalue weighted by atomic mass is 10.0. The predicted molar refractivity (Wildman–Crippen MR) is 97.5 cm³/mol. The van der Waals surface area contributed by atoms with Crippen molar-refractivity contribution >= 4 is 24.2 Å². The van der Waals surface area contributed by atoms with E-state index < -0.39 is 6.04 Å². The summed E-state index contributed by atoms with van der Waals surface area (Å²) >= 11 is 0. The molecular formula is C18H26ClN3O3. The minimum absolute atomic E-state index is 0. The van der Waals surface area contributed by atoms with E-state index in [2.05, 4.69) is 0 Å². The molecule has 2 heterocycles. The van der Waals surface area contributed by atoms with Crippen LogP contribution in [0, 0.1) is 6.92 Å². The molecule has 2 fully saturated rings. The van der Waals surface area contributed by atoms with Crippen LogP contribution >= 0.6 is 12.4 Å². The summed E-state index contributed by atoms with van der Waals surface area (Å²) in [4.78, 5) is 28.5. The van der Waals surface area contributed by atoms with Crippen LogP contribution in [0.4, 0.5) is 0 Å². The molecule has 1 aromatic rings. The minimum atomic E-state index is -0.647. The molecule has 0 bridgehead atoms. The van der Waals surface area contributed by atoms with Crippen molar-refractivity contribution < 1.29 is 14.3 Å². The van der Waals surface area contributed by atoms with E-state index in [1.807, 2.05) is 31.2 Å². The maximum atomic E-state index is 12.6. The quantitative estimate of drug-likeness (QED) is 0.872. The molecule has 138 valence electrons. The first-order valence-corrected chi connectivity index (χ1v) is 8.57. The number of carbonyl (C=O) groups is 2. The van der Waals surface area contributed by atoms with Crippen LogP contribution in [0.1, 0.15) is 30.0 Å². The molecule has 2 atom stereocenters. The number of nitrogens with two attached hydrogens (primary N) is 1. The van der Waals surface area contributed by atoms with Crippen LogP contribution in [-0.2, 0) is 14.3 Å². The van der Waals surface area contributed by atoms with Crippen molar-refractivity contribution in [3.05, 3.63) is 35.4 Å². The second kappa shape index (κ2) is 8.65. The molecule has 2 N–H and O–H groups in total. The smallest absolute Gasteiger partial charge is 0.251 e. The molecule has 6 nitrogen and oxygen atoms in total. The standard InChI is InChI=1S/C18H25N3O3.ClH/c1-13-4-6-14(7-5-13)16(19)18(23)21-10-8-20(9-11-21)17(22)15-3-2-12-24-15;/h4-7,15-16H,2-3,8-12,19H2,1H3;1H. The van der Waals surface area contributed by atoms with Crippen LogP contribution in [0.25, 0.3) is 0 Å². The molecule has 25 heavy (non-hydrogen) atoms. The molecule has 0 radical (unpaired) electrons. The molecular weight excluding hydrogens is 342 g/mol. The minimum Gasteiger partial charge on any atom is -0.368 e. The summed E-state index contributed by atoms with van der Waals surface area (Å²) < 4.78 is 5.46. The van der Waals surface area contributed by atoms with Crippen molar-refractivity contribution in [3.63, 3.8) is 0 Å². The Hall–Kier alpha value is -1.63. The van der Waals surface area contributed by atoms with Crippen molar-refractivity contribution in [1.29, 1.82) is 0 Å². The maximum Gasteiger partial charge on any atom is 0.251 e. The summed E-state index contributed by atoms with van der Waals surface area (Å²) in [6.07, 6.45) is 1.46. The maximum absolute atomic E-state index is 12.6. The number of benzene rings is 1. The van der Waals surface area contributed by atoms with E-state index in [1.54, 1.807) is 9.80 Å². The summed E-state index contributed by atoms with van der Waals surface area (Å²) in [6.45, 7) is 4.81. The lowest BCUT2D eigenvalue weighted by Gasteiger charge is -2.36. The SMILES string of the molecule is Cc1ccc(C(N)C(=O)N2CCN(C(=O)C3CCCO3)CC2)cc1.Cl. The molecule has 3 rings (SSSR count). The van der Waals surface area contributed by atoms with Gasteiger partial charge in [-0.05, 0) is 25.3 Å². The molecule has 7 heteroatoms. The van der Waals surface area contributed by atoms with Crippen LogP contribution in [-0.4, -0.2) is 60.5 Å².